The third-order valence-electron chi connectivity index (χ3n) is 24.2. The first-order valence-electron chi connectivity index (χ1n) is 52.3. The van der Waals surface area contributed by atoms with Crippen molar-refractivity contribution in [2.45, 2.75) is 294 Å². The summed E-state index contributed by atoms with van der Waals surface area (Å²) in [5.41, 5.74) is 0. The van der Waals surface area contributed by atoms with Crippen LogP contribution in [0.3, 0.4) is 0 Å². The Labute approximate surface area is 802 Å². The predicted octanol–water partition coefficient (Wildman–Crippen LogP) is 14.9. The van der Waals surface area contributed by atoms with Gasteiger partial charge in [-0.2, -0.15) is 0 Å². The van der Waals surface area contributed by atoms with Crippen LogP contribution in [0.15, 0.2) is 0 Å². The van der Waals surface area contributed by atoms with Gasteiger partial charge < -0.3 is 85.3 Å². The van der Waals surface area contributed by atoms with E-state index in [1.807, 2.05) is 25.7 Å². The molecule has 0 atom stereocenters. The van der Waals surface area contributed by atoms with Crippen molar-refractivity contribution in [1.82, 2.24) is 29.4 Å². The van der Waals surface area contributed by atoms with Crippen LogP contribution < -0.4 is 0 Å². The minimum absolute atomic E-state index is 0.0371. The van der Waals surface area contributed by atoms with E-state index in [0.717, 1.165) is 371 Å². The summed E-state index contributed by atoms with van der Waals surface area (Å²) in [4.78, 5) is 86.9. The number of ether oxygens (including phenoxy) is 18. The van der Waals surface area contributed by atoms with E-state index < -0.39 is 0 Å². The van der Waals surface area contributed by atoms with E-state index in [9.17, 15) is 28.8 Å². The Hall–Kier alpha value is -3.90. The van der Waals surface area contributed by atoms with Gasteiger partial charge in [0.25, 0.3) is 0 Å². The van der Waals surface area contributed by atoms with Gasteiger partial charge in [-0.05, 0) is 159 Å². The number of carbonyl (C=O) groups is 6. The Morgan fingerprint density at radius 3 is 0.515 bits per heavy atom. The first-order valence-corrected chi connectivity index (χ1v) is 52.3. The van der Waals surface area contributed by atoms with Crippen molar-refractivity contribution in [3.63, 3.8) is 0 Å². The van der Waals surface area contributed by atoms with Crippen molar-refractivity contribution in [2.75, 3.05) is 298 Å². The predicted molar refractivity (Wildman–Crippen MR) is 522 cm³/mol. The van der Waals surface area contributed by atoms with Crippen LogP contribution in [-0.4, -0.2) is 381 Å². The number of rotatable bonds is 72. The van der Waals surface area contributed by atoms with E-state index in [0.29, 0.717) is 97.2 Å². The minimum Gasteiger partial charge on any atom is -0.464 e. The van der Waals surface area contributed by atoms with Crippen LogP contribution in [0.2, 0.25) is 0 Å². The Morgan fingerprint density at radius 1 is 0.205 bits per heavy atom. The molecule has 0 spiro atoms. The maximum atomic E-state index is 12.4. The van der Waals surface area contributed by atoms with Gasteiger partial charge in [-0.1, -0.05) is 117 Å². The second-order valence-electron chi connectivity index (χ2n) is 36.2. The fourth-order valence-electron chi connectivity index (χ4n) is 16.1. The summed E-state index contributed by atoms with van der Waals surface area (Å²) in [6, 6.07) is 0. The van der Waals surface area contributed by atoms with Gasteiger partial charge in [0, 0.05) is 179 Å². The van der Waals surface area contributed by atoms with Crippen molar-refractivity contribution in [2.24, 2.45) is 35.5 Å². The molecule has 0 unspecified atom stereocenters. The standard InChI is InChI=1S/C27H45NO6.C24H39NO6.2C15H33NO3.C12H27NO3.C9H21NO3/c29-25(22-10-4-1-5-11-22)32-19-16-28(17-20-33-26(30)23-12-6-2-7-13-23)18-21-34-27(31)24-14-8-3-9-15-24;26-22(19-7-1-2-8-19)29-16-13-25(14-17-30-23(27)20-9-3-4-10-20)15-18-31-24(28)21-11-5-6-12-21;1-13(2)17-10-7-16(8-11-18-14(3)4)9-12-19-15(5)6;1-4-10-17-13-7-16(8-14-18-11-5-2)9-15-19-12-6-3;1-4-14-10-7-13(8-11-15-5-2)9-12-16-6-3;1-11-7-4-10(5-8-12-2)6-9-13-3/h22-24H,1-21H2;19-21H,1-18H2;13-15H,7-12H2,1-6H3;4-15H2,1-3H3;4-12H2,1-3H3;4-9H2,1-3H3. The highest BCUT2D eigenvalue weighted by atomic mass is 16.6. The maximum absolute atomic E-state index is 12.4. The van der Waals surface area contributed by atoms with Crippen LogP contribution >= 0.6 is 0 Å². The largest absolute Gasteiger partial charge is 0.464 e. The van der Waals surface area contributed by atoms with E-state index in [1.165, 1.54) is 19.3 Å². The van der Waals surface area contributed by atoms with Crippen molar-refractivity contribution < 1.29 is 114 Å². The van der Waals surface area contributed by atoms with Gasteiger partial charge in [-0.25, -0.2) is 0 Å². The van der Waals surface area contributed by atoms with E-state index in [4.69, 9.17) is 85.3 Å². The molecule has 6 fully saturated rings. The molecule has 0 heterocycles. The first-order chi connectivity index (χ1) is 64.2. The summed E-state index contributed by atoms with van der Waals surface area (Å²) in [5, 5.41) is 0. The molecule has 0 aromatic rings. The van der Waals surface area contributed by atoms with Crippen molar-refractivity contribution in [1.29, 1.82) is 0 Å². The topological polar surface area (TPSA) is 288 Å². The van der Waals surface area contributed by atoms with Crippen molar-refractivity contribution >= 4 is 35.8 Å². The number of hydrogen-bond donors (Lipinski definition) is 0. The third kappa shape index (κ3) is 73.3. The Morgan fingerprint density at radius 2 is 0.356 bits per heavy atom. The van der Waals surface area contributed by atoms with Crippen LogP contribution in [-0.2, 0) is 114 Å². The minimum atomic E-state index is -0.0993. The van der Waals surface area contributed by atoms with Gasteiger partial charge in [-0.3, -0.25) is 58.2 Å². The second-order valence-corrected chi connectivity index (χ2v) is 36.2. The lowest BCUT2D eigenvalue weighted by Gasteiger charge is -2.25. The zero-order valence-corrected chi connectivity index (χ0v) is 86.6. The highest BCUT2D eigenvalue weighted by Gasteiger charge is 2.30. The monoisotopic (exact) mass is 1890 g/mol. The average Bonchev–Trinajstić information content (AvgIpc) is 1.60. The fourth-order valence-corrected chi connectivity index (χ4v) is 16.1. The molecule has 30 nitrogen and oxygen atoms in total. The van der Waals surface area contributed by atoms with Crippen LogP contribution in [0.5, 0.6) is 0 Å². The normalized spacial score (nSPS) is 16.0. The van der Waals surface area contributed by atoms with Crippen LogP contribution in [0.25, 0.3) is 0 Å². The molecule has 6 aliphatic rings. The van der Waals surface area contributed by atoms with Gasteiger partial charge in [0.05, 0.1) is 133 Å². The first kappa shape index (κ1) is 126. The van der Waals surface area contributed by atoms with Gasteiger partial charge >= 0.3 is 35.8 Å². The summed E-state index contributed by atoms with van der Waals surface area (Å²) in [6.45, 7) is 55.5. The van der Waals surface area contributed by atoms with Gasteiger partial charge in [-0.15, -0.1) is 0 Å². The molecular formula is C102H198N6O24. The molecule has 132 heavy (non-hydrogen) atoms. The SMILES string of the molecule is CC(C)OCCN(CCOC(C)C)CCOC(C)C.CCCOCCN(CCOCCC)CCOCCC.CCOCCN(CCOCC)CCOCC.COCCN(CCOC)CCOC.O=C(OCCN(CCOC(=O)C1CCCC1)CCOC(=O)C1CCCC1)C1CCCC1.O=C(OCCN(CCOC(=O)C1CCCCC1)CCOC(=O)C1CCCCC1)C1CCCCC1. The molecule has 30 heteroatoms. The van der Waals surface area contributed by atoms with Crippen molar-refractivity contribution in [3.05, 3.63) is 0 Å². The van der Waals surface area contributed by atoms with Crippen molar-refractivity contribution in [3.8, 4) is 0 Å². The Kier molecular flexibility index (Phi) is 86.9. The smallest absolute Gasteiger partial charge is 0.308 e. The van der Waals surface area contributed by atoms with E-state index in [-0.39, 0.29) is 71.3 Å². The number of hydrogen-bond acceptors (Lipinski definition) is 30. The zero-order chi connectivity index (χ0) is 96.8. The van der Waals surface area contributed by atoms with Crippen LogP contribution in [0.4, 0.5) is 0 Å². The number of esters is 6. The summed E-state index contributed by atoms with van der Waals surface area (Å²) in [5.74, 6) is -0.311. The van der Waals surface area contributed by atoms with E-state index in [1.54, 1.807) is 21.3 Å². The lowest BCUT2D eigenvalue weighted by molar-refractivity contribution is -0.153. The molecule has 6 rings (SSSR count). The van der Waals surface area contributed by atoms with Crippen LogP contribution in [0, 0.1) is 35.5 Å². The Balaban J connectivity index is 0.000000820. The fraction of sp³-hybridized carbons (Fsp3) is 0.941. The molecule has 0 aliphatic heterocycles. The maximum Gasteiger partial charge on any atom is 0.308 e. The average molecular weight is 1890 g/mol. The molecule has 6 aliphatic carbocycles. The van der Waals surface area contributed by atoms with Gasteiger partial charge in [0.15, 0.2) is 0 Å². The molecule has 0 aromatic carbocycles. The zero-order valence-electron chi connectivity index (χ0n) is 86.6. The molecule has 0 bridgehead atoms. The number of carbonyl (C=O) groups excluding carboxylic acids is 6. The molecule has 0 N–H and O–H groups in total. The highest BCUT2D eigenvalue weighted by molar-refractivity contribution is 5.74. The van der Waals surface area contributed by atoms with Gasteiger partial charge in [0.2, 0.25) is 0 Å². The summed E-state index contributed by atoms with van der Waals surface area (Å²) in [7, 11) is 5.14. The molecule has 0 aromatic heterocycles. The van der Waals surface area contributed by atoms with Crippen LogP contribution in [0.1, 0.15) is 276 Å². The Bertz CT molecular complexity index is 2320. The molecular weight excluding hydrogens is 1690 g/mol. The third-order valence-corrected chi connectivity index (χ3v) is 24.2. The van der Waals surface area contributed by atoms with E-state index in [2.05, 4.69) is 86.8 Å². The quantitative estimate of drug-likeness (QED) is 0.0310. The molecule has 0 saturated heterocycles. The number of methoxy groups -OCH3 is 3. The molecule has 0 radical (unpaired) electrons. The summed E-state index contributed by atoms with van der Waals surface area (Å²) >= 11 is 0. The highest BCUT2D eigenvalue weighted by Crippen LogP contribution is 2.30. The molecule has 0 amide bonds. The summed E-state index contributed by atoms with van der Waals surface area (Å²) in [6.07, 6.45) is 32.1. The molecule has 780 valence electrons. The number of nitrogens with zero attached hydrogens (tertiary/aromatic N) is 6. The van der Waals surface area contributed by atoms with E-state index >= 15 is 0 Å². The lowest BCUT2D eigenvalue weighted by atomic mass is 9.89. The summed E-state index contributed by atoms with van der Waals surface area (Å²) < 4.78 is 97.6. The lowest BCUT2D eigenvalue weighted by Crippen LogP contribution is -2.36. The van der Waals surface area contributed by atoms with Gasteiger partial charge in [0.1, 0.15) is 39.6 Å². The second kappa shape index (κ2) is 90.9. The molecule has 6 saturated carbocycles.